The van der Waals surface area contributed by atoms with Crippen LogP contribution in [0, 0.1) is 10.1 Å². The molecule has 102 valence electrons. The lowest BCUT2D eigenvalue weighted by atomic mass is 10.0. The predicted molar refractivity (Wildman–Crippen MR) is 71.5 cm³/mol. The van der Waals surface area contributed by atoms with Gasteiger partial charge in [-0.2, -0.15) is 0 Å². The van der Waals surface area contributed by atoms with Crippen molar-refractivity contribution < 1.29 is 9.72 Å². The van der Waals surface area contributed by atoms with E-state index in [1.54, 1.807) is 0 Å². The zero-order chi connectivity index (χ0) is 14.0. The maximum absolute atomic E-state index is 12.2. The van der Waals surface area contributed by atoms with Gasteiger partial charge in [-0.15, -0.1) is 0 Å². The Bertz CT molecular complexity index is 527. The zero-order valence-corrected chi connectivity index (χ0v) is 11.2. The Hall–Kier alpha value is -1.66. The van der Waals surface area contributed by atoms with E-state index in [2.05, 4.69) is 10.6 Å². The Kier molecular flexibility index (Phi) is 3.73. The Labute approximate surface area is 115 Å². The average Bonchev–Trinajstić information content (AvgIpc) is 2.75. The summed E-state index contributed by atoms with van der Waals surface area (Å²) in [4.78, 5) is 22.5. The number of hydrogen-bond acceptors (Lipinski definition) is 4. The van der Waals surface area contributed by atoms with Crippen LogP contribution in [0.2, 0.25) is 5.02 Å². The number of nitrogens with one attached hydrogen (secondary N) is 2. The number of nitrogens with zero attached hydrogens (tertiary/aromatic N) is 1. The van der Waals surface area contributed by atoms with E-state index in [0.717, 1.165) is 13.0 Å². The third kappa shape index (κ3) is 3.02. The standard InChI is InChI=1S/C12H14ClN3O3/c1-12(4-5-14-7-12)15-11(17)9-6-8(13)2-3-10(9)16(18)19/h2-3,6,14H,4-5,7H2,1H3,(H,15,17). The van der Waals surface area contributed by atoms with Gasteiger partial charge in [0, 0.05) is 17.6 Å². The topological polar surface area (TPSA) is 84.3 Å². The molecule has 2 rings (SSSR count). The van der Waals surface area contributed by atoms with Crippen LogP contribution in [0.5, 0.6) is 0 Å². The van der Waals surface area contributed by atoms with Crippen molar-refractivity contribution in [1.82, 2.24) is 10.6 Å². The highest BCUT2D eigenvalue weighted by molar-refractivity contribution is 6.31. The van der Waals surface area contributed by atoms with E-state index in [9.17, 15) is 14.9 Å². The first-order valence-electron chi connectivity index (χ1n) is 5.88. The first kappa shape index (κ1) is 13.8. The van der Waals surface area contributed by atoms with Crippen LogP contribution in [0.25, 0.3) is 0 Å². The van der Waals surface area contributed by atoms with E-state index in [-0.39, 0.29) is 16.8 Å². The Morgan fingerprint density at radius 3 is 2.89 bits per heavy atom. The quantitative estimate of drug-likeness (QED) is 0.653. The summed E-state index contributed by atoms with van der Waals surface area (Å²) in [5, 5.41) is 17.2. The van der Waals surface area contributed by atoms with E-state index in [1.807, 2.05) is 6.92 Å². The van der Waals surface area contributed by atoms with Crippen LogP contribution in [0.4, 0.5) is 5.69 Å². The lowest BCUT2D eigenvalue weighted by Gasteiger charge is -2.24. The number of carbonyl (C=O) groups is 1. The smallest absolute Gasteiger partial charge is 0.282 e. The normalized spacial score (nSPS) is 22.2. The molecule has 1 aliphatic heterocycles. The molecule has 1 aromatic rings. The van der Waals surface area contributed by atoms with E-state index in [1.165, 1.54) is 18.2 Å². The van der Waals surface area contributed by atoms with Gasteiger partial charge in [-0.3, -0.25) is 14.9 Å². The summed E-state index contributed by atoms with van der Waals surface area (Å²) in [6.07, 6.45) is 0.785. The van der Waals surface area contributed by atoms with E-state index < -0.39 is 10.8 Å². The molecule has 1 amide bonds. The summed E-state index contributed by atoms with van der Waals surface area (Å²) in [6, 6.07) is 3.96. The van der Waals surface area contributed by atoms with Gasteiger partial charge in [0.1, 0.15) is 5.56 Å². The number of rotatable bonds is 3. The largest absolute Gasteiger partial charge is 0.345 e. The van der Waals surface area contributed by atoms with Crippen molar-refractivity contribution in [3.63, 3.8) is 0 Å². The van der Waals surface area contributed by atoms with Gasteiger partial charge in [-0.05, 0) is 32.0 Å². The SMILES string of the molecule is CC1(NC(=O)c2cc(Cl)ccc2[N+](=O)[O-])CCNC1. The van der Waals surface area contributed by atoms with Crippen molar-refractivity contribution in [3.8, 4) is 0 Å². The molecule has 1 fully saturated rings. The molecule has 1 aromatic carbocycles. The minimum absolute atomic E-state index is 0.00868. The van der Waals surface area contributed by atoms with E-state index >= 15 is 0 Å². The summed E-state index contributed by atoms with van der Waals surface area (Å²) < 4.78 is 0. The number of halogens is 1. The maximum atomic E-state index is 12.2. The van der Waals surface area contributed by atoms with E-state index in [4.69, 9.17) is 11.6 Å². The Morgan fingerprint density at radius 2 is 2.32 bits per heavy atom. The van der Waals surface area contributed by atoms with Crippen LogP contribution in [0.1, 0.15) is 23.7 Å². The van der Waals surface area contributed by atoms with Crippen molar-refractivity contribution in [2.24, 2.45) is 0 Å². The predicted octanol–water partition coefficient (Wildman–Crippen LogP) is 1.73. The van der Waals surface area contributed by atoms with Crippen LogP contribution >= 0.6 is 11.6 Å². The molecule has 0 saturated carbocycles. The van der Waals surface area contributed by atoms with Gasteiger partial charge in [-0.25, -0.2) is 0 Å². The number of nitro groups is 1. The average molecular weight is 284 g/mol. The van der Waals surface area contributed by atoms with Crippen LogP contribution < -0.4 is 10.6 Å². The van der Waals surface area contributed by atoms with Crippen molar-refractivity contribution in [2.75, 3.05) is 13.1 Å². The molecule has 0 aromatic heterocycles. The van der Waals surface area contributed by atoms with Crippen LogP contribution in [0.15, 0.2) is 18.2 Å². The molecule has 7 heteroatoms. The van der Waals surface area contributed by atoms with Crippen LogP contribution in [-0.2, 0) is 0 Å². The number of nitro benzene ring substituents is 1. The van der Waals surface area contributed by atoms with Gasteiger partial charge in [0.2, 0.25) is 0 Å². The highest BCUT2D eigenvalue weighted by Gasteiger charge is 2.32. The van der Waals surface area contributed by atoms with Gasteiger partial charge in [0.05, 0.1) is 10.5 Å². The summed E-state index contributed by atoms with van der Waals surface area (Å²) in [5.41, 5.74) is -0.630. The lowest BCUT2D eigenvalue weighted by molar-refractivity contribution is -0.385. The third-order valence-corrected chi connectivity index (χ3v) is 3.42. The number of hydrogen-bond donors (Lipinski definition) is 2. The number of amides is 1. The lowest BCUT2D eigenvalue weighted by Crippen LogP contribution is -2.47. The molecule has 0 aliphatic carbocycles. The fourth-order valence-corrected chi connectivity index (χ4v) is 2.29. The molecule has 1 saturated heterocycles. The molecule has 0 radical (unpaired) electrons. The third-order valence-electron chi connectivity index (χ3n) is 3.18. The molecule has 1 atom stereocenters. The van der Waals surface area contributed by atoms with Crippen molar-refractivity contribution in [1.29, 1.82) is 0 Å². The van der Waals surface area contributed by atoms with Gasteiger partial charge in [-0.1, -0.05) is 11.6 Å². The molecule has 1 unspecified atom stereocenters. The summed E-state index contributed by atoms with van der Waals surface area (Å²) in [7, 11) is 0. The molecule has 0 spiro atoms. The van der Waals surface area contributed by atoms with Gasteiger partial charge >= 0.3 is 0 Å². The van der Waals surface area contributed by atoms with Gasteiger partial charge < -0.3 is 10.6 Å². The zero-order valence-electron chi connectivity index (χ0n) is 10.4. The Balaban J connectivity index is 2.27. The van der Waals surface area contributed by atoms with Gasteiger partial charge in [0.25, 0.3) is 11.6 Å². The van der Waals surface area contributed by atoms with Gasteiger partial charge in [0.15, 0.2) is 0 Å². The van der Waals surface area contributed by atoms with Crippen molar-refractivity contribution in [2.45, 2.75) is 18.9 Å². The van der Waals surface area contributed by atoms with Crippen LogP contribution in [-0.4, -0.2) is 29.5 Å². The highest BCUT2D eigenvalue weighted by atomic mass is 35.5. The minimum atomic E-state index is -0.583. The van der Waals surface area contributed by atoms with Crippen LogP contribution in [0.3, 0.4) is 0 Å². The second-order valence-corrected chi connectivity index (χ2v) is 5.30. The summed E-state index contributed by atoms with van der Waals surface area (Å²) in [6.45, 7) is 3.36. The Morgan fingerprint density at radius 1 is 1.58 bits per heavy atom. The monoisotopic (exact) mass is 283 g/mol. The fraction of sp³-hybridized carbons (Fsp3) is 0.417. The second-order valence-electron chi connectivity index (χ2n) is 4.86. The van der Waals surface area contributed by atoms with Crippen molar-refractivity contribution >= 4 is 23.2 Å². The molecule has 6 nitrogen and oxygen atoms in total. The fourth-order valence-electron chi connectivity index (χ4n) is 2.11. The minimum Gasteiger partial charge on any atom is -0.345 e. The molecular formula is C12H14ClN3O3. The summed E-state index contributed by atoms with van der Waals surface area (Å²) in [5.74, 6) is -0.472. The number of carbonyl (C=O) groups excluding carboxylic acids is 1. The maximum Gasteiger partial charge on any atom is 0.282 e. The highest BCUT2D eigenvalue weighted by Crippen LogP contribution is 2.24. The first-order chi connectivity index (χ1) is 8.91. The number of benzene rings is 1. The molecule has 2 N–H and O–H groups in total. The molecule has 0 bridgehead atoms. The molecule has 1 heterocycles. The summed E-state index contributed by atoms with van der Waals surface area (Å²) >= 11 is 5.80. The second kappa shape index (κ2) is 5.14. The van der Waals surface area contributed by atoms with E-state index in [0.29, 0.717) is 11.6 Å². The van der Waals surface area contributed by atoms with Crippen molar-refractivity contribution in [3.05, 3.63) is 38.9 Å². The molecular weight excluding hydrogens is 270 g/mol. The molecule has 1 aliphatic rings. The first-order valence-corrected chi connectivity index (χ1v) is 6.26. The molecule has 19 heavy (non-hydrogen) atoms.